The van der Waals surface area contributed by atoms with Crippen LogP contribution in [0.5, 0.6) is 0 Å². The van der Waals surface area contributed by atoms with Crippen LogP contribution in [-0.4, -0.2) is 40.4 Å². The van der Waals surface area contributed by atoms with Crippen LogP contribution in [0.15, 0.2) is 30.6 Å². The lowest BCUT2D eigenvalue weighted by Gasteiger charge is -2.16. The number of hydrogen-bond acceptors (Lipinski definition) is 5. The first-order chi connectivity index (χ1) is 14.0. The Balaban J connectivity index is 1.84. The number of H-pyrrole nitrogens is 1. The summed E-state index contributed by atoms with van der Waals surface area (Å²) in [6.07, 6.45) is 0.0710. The molecule has 1 aromatic carbocycles. The zero-order chi connectivity index (χ0) is 21.7. The van der Waals surface area contributed by atoms with Gasteiger partial charge in [-0.15, -0.1) is 0 Å². The molecule has 0 bridgehead atoms. The van der Waals surface area contributed by atoms with Crippen molar-refractivity contribution in [3.05, 3.63) is 36.2 Å². The normalized spacial score (nSPS) is 20.1. The fourth-order valence-electron chi connectivity index (χ4n) is 3.98. The second-order valence-electron chi connectivity index (χ2n) is 8.12. The van der Waals surface area contributed by atoms with Crippen molar-refractivity contribution in [2.24, 2.45) is 5.73 Å². The van der Waals surface area contributed by atoms with E-state index in [2.05, 4.69) is 20.3 Å². The molecule has 160 valence electrons. The Morgan fingerprint density at radius 1 is 1.27 bits per heavy atom. The highest BCUT2D eigenvalue weighted by Gasteiger charge is 2.36. The van der Waals surface area contributed by atoms with E-state index in [0.29, 0.717) is 21.8 Å². The zero-order valence-electron chi connectivity index (χ0n) is 16.6. The summed E-state index contributed by atoms with van der Waals surface area (Å²) in [7, 11) is -2.63. The van der Waals surface area contributed by atoms with Crippen molar-refractivity contribution >= 4 is 29.3 Å². The fraction of sp³-hybridized carbons (Fsp3) is 0.400. The summed E-state index contributed by atoms with van der Waals surface area (Å²) in [6.45, 7) is 3.25. The third-order valence-corrected chi connectivity index (χ3v) is 6.96. The number of nitrogens with two attached hydrogens (primary N) is 1. The summed E-state index contributed by atoms with van der Waals surface area (Å²) in [5.74, 6) is 0.138. The van der Waals surface area contributed by atoms with E-state index in [0.717, 1.165) is 25.5 Å². The minimum absolute atomic E-state index is 0.0326. The Bertz CT molecular complexity index is 1140. The van der Waals surface area contributed by atoms with Gasteiger partial charge in [0.25, 0.3) is 0 Å². The molecule has 2 aromatic heterocycles. The van der Waals surface area contributed by atoms with Gasteiger partial charge in [0.05, 0.1) is 11.2 Å². The largest absolute Gasteiger partial charge is 0.419 e. The summed E-state index contributed by atoms with van der Waals surface area (Å²) < 4.78 is 53.8. The topological polar surface area (TPSA) is 96.7 Å². The highest BCUT2D eigenvalue weighted by molar-refractivity contribution is 7.70. The molecule has 4 rings (SSSR count). The van der Waals surface area contributed by atoms with Gasteiger partial charge in [-0.25, -0.2) is 9.97 Å². The van der Waals surface area contributed by atoms with E-state index in [1.807, 2.05) is 0 Å². The number of para-hydroxylation sites is 1. The van der Waals surface area contributed by atoms with Crippen LogP contribution < -0.4 is 16.4 Å². The van der Waals surface area contributed by atoms with Crippen molar-refractivity contribution in [2.45, 2.75) is 37.5 Å². The lowest BCUT2D eigenvalue weighted by Crippen LogP contribution is -2.22. The molecule has 2 atom stereocenters. The quantitative estimate of drug-likeness (QED) is 0.532. The number of aromatic amines is 1. The number of nitrogens with one attached hydrogen (secondary N) is 2. The van der Waals surface area contributed by atoms with Gasteiger partial charge in [0.1, 0.15) is 12.7 Å². The first-order valence-corrected chi connectivity index (χ1v) is 12.3. The molecule has 1 aliphatic rings. The average molecular weight is 437 g/mol. The number of anilines is 1. The Morgan fingerprint density at radius 2 is 2.03 bits per heavy atom. The second-order valence-corrected chi connectivity index (χ2v) is 11.3. The summed E-state index contributed by atoms with van der Waals surface area (Å²) in [4.78, 5) is 11.1. The molecule has 0 aliphatic heterocycles. The lowest BCUT2D eigenvalue weighted by atomic mass is 10.1. The molecule has 0 unspecified atom stereocenters. The van der Waals surface area contributed by atoms with Crippen molar-refractivity contribution < 1.29 is 17.7 Å². The number of fused-ring (bicyclic) bond motifs is 1. The first-order valence-electron chi connectivity index (χ1n) is 9.66. The maximum Gasteiger partial charge on any atom is 0.419 e. The zero-order valence-corrected chi connectivity index (χ0v) is 17.5. The van der Waals surface area contributed by atoms with Crippen molar-refractivity contribution in [1.82, 2.24) is 15.0 Å². The number of alkyl halides is 3. The summed E-state index contributed by atoms with van der Waals surface area (Å²) in [5.41, 5.74) is 5.64. The Labute approximate surface area is 171 Å². The number of nitrogens with zero attached hydrogens (tertiary/aromatic N) is 2. The number of rotatable bonds is 4. The molecular formula is C20H23F3N5OP. The van der Waals surface area contributed by atoms with E-state index in [9.17, 15) is 17.7 Å². The molecule has 30 heavy (non-hydrogen) atoms. The predicted octanol–water partition coefficient (Wildman–Crippen LogP) is 4.18. The number of halogens is 3. The molecule has 0 radical (unpaired) electrons. The molecule has 6 nitrogen and oxygen atoms in total. The van der Waals surface area contributed by atoms with E-state index in [-0.39, 0.29) is 23.7 Å². The molecule has 0 amide bonds. The number of benzene rings is 1. The van der Waals surface area contributed by atoms with Crippen LogP contribution >= 0.6 is 7.14 Å². The van der Waals surface area contributed by atoms with Crippen LogP contribution in [0, 0.1) is 0 Å². The van der Waals surface area contributed by atoms with E-state index in [1.165, 1.54) is 6.20 Å². The van der Waals surface area contributed by atoms with Crippen LogP contribution in [0.25, 0.3) is 22.2 Å². The van der Waals surface area contributed by atoms with E-state index >= 15 is 0 Å². The molecule has 0 saturated heterocycles. The monoisotopic (exact) mass is 437 g/mol. The third kappa shape index (κ3) is 3.96. The Morgan fingerprint density at radius 3 is 2.67 bits per heavy atom. The predicted molar refractivity (Wildman–Crippen MR) is 113 cm³/mol. The molecule has 1 saturated carbocycles. The van der Waals surface area contributed by atoms with Gasteiger partial charge in [0.15, 0.2) is 0 Å². The minimum Gasteiger partial charge on any atom is -0.360 e. The smallest absolute Gasteiger partial charge is 0.360 e. The van der Waals surface area contributed by atoms with E-state index < -0.39 is 18.9 Å². The summed E-state index contributed by atoms with van der Waals surface area (Å²) in [5, 5.41) is 4.24. The van der Waals surface area contributed by atoms with E-state index in [1.54, 1.807) is 31.5 Å². The van der Waals surface area contributed by atoms with Crippen LogP contribution in [0.1, 0.15) is 24.8 Å². The highest BCUT2D eigenvalue weighted by Crippen LogP contribution is 2.41. The summed E-state index contributed by atoms with van der Waals surface area (Å²) >= 11 is 0. The van der Waals surface area contributed by atoms with Crippen LogP contribution in [0.2, 0.25) is 0 Å². The van der Waals surface area contributed by atoms with Gasteiger partial charge in [-0.1, -0.05) is 12.1 Å². The van der Waals surface area contributed by atoms with Gasteiger partial charge in [-0.05, 0) is 38.7 Å². The minimum atomic E-state index is -4.62. The lowest BCUT2D eigenvalue weighted by molar-refractivity contribution is -0.137. The molecule has 1 aliphatic carbocycles. The van der Waals surface area contributed by atoms with Crippen molar-refractivity contribution in [1.29, 1.82) is 0 Å². The third-order valence-electron chi connectivity index (χ3n) is 5.43. The number of aromatic nitrogens is 3. The van der Waals surface area contributed by atoms with Gasteiger partial charge < -0.3 is 20.6 Å². The highest BCUT2D eigenvalue weighted by atomic mass is 31.2. The van der Waals surface area contributed by atoms with Gasteiger partial charge in [0.2, 0.25) is 5.95 Å². The second kappa shape index (κ2) is 7.39. The fourth-order valence-corrected chi connectivity index (χ4v) is 5.15. The first kappa shape index (κ1) is 20.9. The average Bonchev–Trinajstić information content (AvgIpc) is 3.25. The van der Waals surface area contributed by atoms with Gasteiger partial charge in [0, 0.05) is 40.7 Å². The van der Waals surface area contributed by atoms with Crippen LogP contribution in [-0.2, 0) is 10.7 Å². The molecule has 3 aromatic rings. The summed E-state index contributed by atoms with van der Waals surface area (Å²) in [6, 6.07) is 5.23. The SMILES string of the molecule is CP(C)(=O)c1cccc2c(-c3nc(N[C@H]4CC[C@H](N)C4)ncc3C(F)(F)F)c[nH]c12. The maximum atomic E-state index is 13.7. The van der Waals surface area contributed by atoms with Crippen LogP contribution in [0.4, 0.5) is 19.1 Å². The molecule has 2 heterocycles. The molecule has 1 fully saturated rings. The van der Waals surface area contributed by atoms with Gasteiger partial charge in [-0.2, -0.15) is 13.2 Å². The van der Waals surface area contributed by atoms with Crippen molar-refractivity contribution in [2.75, 3.05) is 18.6 Å². The van der Waals surface area contributed by atoms with Gasteiger partial charge >= 0.3 is 6.18 Å². The Hall–Kier alpha value is -2.38. The van der Waals surface area contributed by atoms with E-state index in [4.69, 9.17) is 5.73 Å². The maximum absolute atomic E-state index is 13.7. The molecular weight excluding hydrogens is 414 g/mol. The van der Waals surface area contributed by atoms with Crippen molar-refractivity contribution in [3.63, 3.8) is 0 Å². The molecule has 10 heteroatoms. The number of hydrogen-bond donors (Lipinski definition) is 3. The molecule has 4 N–H and O–H groups in total. The standard InChI is InChI=1S/C20H23F3N5OP/c1-30(2,29)16-5-3-4-13-14(9-25-18(13)16)17-15(20(21,22)23)10-26-19(28-17)27-12-7-6-11(24)8-12/h3-5,9-12,25H,6-8,24H2,1-2H3,(H,26,27,28)/t11-,12-/m0/s1. The molecule has 0 spiro atoms. The Kier molecular flexibility index (Phi) is 5.14. The van der Waals surface area contributed by atoms with Gasteiger partial charge in [-0.3, -0.25) is 0 Å². The van der Waals surface area contributed by atoms with Crippen LogP contribution in [0.3, 0.4) is 0 Å². The van der Waals surface area contributed by atoms with Crippen molar-refractivity contribution in [3.8, 4) is 11.3 Å².